The first kappa shape index (κ1) is 20.4. The number of carbonyl (C=O) groups excluding carboxylic acids is 3. The Kier molecular flexibility index (Phi) is 6.18. The maximum Gasteiger partial charge on any atom is 0.294 e. The number of ether oxygens (including phenoxy) is 1. The summed E-state index contributed by atoms with van der Waals surface area (Å²) < 4.78 is 18.2. The third kappa shape index (κ3) is 4.94. The summed E-state index contributed by atoms with van der Waals surface area (Å²) in [7, 11) is 0. The molecule has 3 rings (SSSR count). The highest BCUT2D eigenvalue weighted by atomic mass is 32.2. The zero-order valence-electron chi connectivity index (χ0n) is 15.3. The van der Waals surface area contributed by atoms with Crippen molar-refractivity contribution >= 4 is 40.6 Å². The number of anilines is 1. The van der Waals surface area contributed by atoms with Gasteiger partial charge in [-0.25, -0.2) is 4.39 Å². The molecule has 0 saturated carbocycles. The van der Waals surface area contributed by atoms with Crippen LogP contribution in [-0.4, -0.2) is 40.2 Å². The Labute approximate surface area is 170 Å². The van der Waals surface area contributed by atoms with Crippen molar-refractivity contribution < 1.29 is 28.6 Å². The Hall–Kier alpha value is -3.33. The SMILES string of the molecule is CCOc1cc(/C=C2\SC(=O)N(CC(=O)Nc3ccc(F)cc3)C2=O)ccc1O. The second kappa shape index (κ2) is 8.78. The zero-order valence-corrected chi connectivity index (χ0v) is 16.2. The van der Waals surface area contributed by atoms with E-state index in [1.54, 1.807) is 19.1 Å². The first-order chi connectivity index (χ1) is 13.9. The van der Waals surface area contributed by atoms with E-state index >= 15 is 0 Å². The van der Waals surface area contributed by atoms with Crippen LogP contribution in [0.15, 0.2) is 47.4 Å². The molecule has 0 atom stereocenters. The van der Waals surface area contributed by atoms with Crippen molar-refractivity contribution in [1.82, 2.24) is 4.90 Å². The van der Waals surface area contributed by atoms with Gasteiger partial charge in [0.05, 0.1) is 11.5 Å². The molecule has 0 radical (unpaired) electrons. The number of benzene rings is 2. The van der Waals surface area contributed by atoms with Crippen molar-refractivity contribution in [3.8, 4) is 11.5 Å². The van der Waals surface area contributed by atoms with Crippen LogP contribution in [0.3, 0.4) is 0 Å². The number of phenolic OH excluding ortho intramolecular Hbond substituents is 1. The molecule has 2 aromatic rings. The van der Waals surface area contributed by atoms with Crippen LogP contribution < -0.4 is 10.1 Å². The summed E-state index contributed by atoms with van der Waals surface area (Å²) in [6, 6.07) is 9.68. The number of carbonyl (C=O) groups is 3. The lowest BCUT2D eigenvalue weighted by Crippen LogP contribution is -2.36. The van der Waals surface area contributed by atoms with Crippen LogP contribution >= 0.6 is 11.8 Å². The minimum Gasteiger partial charge on any atom is -0.504 e. The Morgan fingerprint density at radius 1 is 1.24 bits per heavy atom. The van der Waals surface area contributed by atoms with Gasteiger partial charge < -0.3 is 15.2 Å². The number of thioether (sulfide) groups is 1. The lowest BCUT2D eigenvalue weighted by molar-refractivity contribution is -0.127. The van der Waals surface area contributed by atoms with E-state index in [0.29, 0.717) is 29.6 Å². The van der Waals surface area contributed by atoms with E-state index in [2.05, 4.69) is 5.32 Å². The number of nitrogens with zero attached hydrogens (tertiary/aromatic N) is 1. The zero-order chi connectivity index (χ0) is 21.0. The van der Waals surface area contributed by atoms with Crippen LogP contribution in [-0.2, 0) is 9.59 Å². The highest BCUT2D eigenvalue weighted by Crippen LogP contribution is 2.34. The van der Waals surface area contributed by atoms with Gasteiger partial charge in [0, 0.05) is 5.69 Å². The maximum absolute atomic E-state index is 12.9. The number of imide groups is 1. The highest BCUT2D eigenvalue weighted by Gasteiger charge is 2.36. The lowest BCUT2D eigenvalue weighted by atomic mass is 10.2. The Morgan fingerprint density at radius 3 is 2.66 bits per heavy atom. The predicted molar refractivity (Wildman–Crippen MR) is 107 cm³/mol. The van der Waals surface area contributed by atoms with Crippen LogP contribution in [0.25, 0.3) is 6.08 Å². The normalized spacial score (nSPS) is 15.1. The molecule has 150 valence electrons. The van der Waals surface area contributed by atoms with E-state index in [4.69, 9.17) is 4.74 Å². The fourth-order valence-electron chi connectivity index (χ4n) is 2.56. The largest absolute Gasteiger partial charge is 0.504 e. The first-order valence-electron chi connectivity index (χ1n) is 8.64. The summed E-state index contributed by atoms with van der Waals surface area (Å²) in [4.78, 5) is 37.8. The molecule has 29 heavy (non-hydrogen) atoms. The second-order valence-corrected chi connectivity index (χ2v) is 6.98. The summed E-state index contributed by atoms with van der Waals surface area (Å²) >= 11 is 0.716. The molecular formula is C20H17FN2O5S. The molecule has 1 saturated heterocycles. The van der Waals surface area contributed by atoms with Gasteiger partial charge in [-0.05, 0) is 66.7 Å². The Balaban J connectivity index is 1.70. The van der Waals surface area contributed by atoms with Crippen LogP contribution in [0.1, 0.15) is 12.5 Å². The number of hydrogen-bond donors (Lipinski definition) is 2. The molecule has 0 spiro atoms. The number of amides is 3. The molecule has 0 aliphatic carbocycles. The first-order valence-corrected chi connectivity index (χ1v) is 9.45. The monoisotopic (exact) mass is 416 g/mol. The summed E-state index contributed by atoms with van der Waals surface area (Å²) in [5.41, 5.74) is 0.916. The van der Waals surface area contributed by atoms with Gasteiger partial charge in [-0.15, -0.1) is 0 Å². The molecule has 2 aromatic carbocycles. The maximum atomic E-state index is 12.9. The number of aromatic hydroxyl groups is 1. The number of hydrogen-bond acceptors (Lipinski definition) is 6. The molecule has 0 unspecified atom stereocenters. The highest BCUT2D eigenvalue weighted by molar-refractivity contribution is 8.18. The predicted octanol–water partition coefficient (Wildman–Crippen LogP) is 3.61. The van der Waals surface area contributed by atoms with Crippen LogP contribution in [0.4, 0.5) is 14.9 Å². The molecule has 1 fully saturated rings. The van der Waals surface area contributed by atoms with E-state index in [1.165, 1.54) is 36.4 Å². The Morgan fingerprint density at radius 2 is 1.97 bits per heavy atom. The van der Waals surface area contributed by atoms with Gasteiger partial charge in [0.25, 0.3) is 11.1 Å². The summed E-state index contributed by atoms with van der Waals surface area (Å²) in [6.07, 6.45) is 1.49. The topological polar surface area (TPSA) is 95.9 Å². The van der Waals surface area contributed by atoms with E-state index in [9.17, 15) is 23.9 Å². The van der Waals surface area contributed by atoms with Gasteiger partial charge >= 0.3 is 0 Å². The molecule has 1 aliphatic rings. The fourth-order valence-corrected chi connectivity index (χ4v) is 3.39. The van der Waals surface area contributed by atoms with Crippen molar-refractivity contribution in [2.24, 2.45) is 0 Å². The van der Waals surface area contributed by atoms with Crippen LogP contribution in [0.2, 0.25) is 0 Å². The van der Waals surface area contributed by atoms with Crippen molar-refractivity contribution in [2.75, 3.05) is 18.5 Å². The van der Waals surface area contributed by atoms with Gasteiger partial charge in [-0.3, -0.25) is 19.3 Å². The van der Waals surface area contributed by atoms with E-state index in [1.807, 2.05) is 0 Å². The molecule has 0 bridgehead atoms. The molecular weight excluding hydrogens is 399 g/mol. The summed E-state index contributed by atoms with van der Waals surface area (Å²) in [6.45, 7) is 1.67. The molecule has 1 heterocycles. The average Bonchev–Trinajstić information content (AvgIpc) is 2.94. The standard InChI is InChI=1S/C20H17FN2O5S/c1-2-28-16-9-12(3-8-15(16)24)10-17-19(26)23(20(27)29-17)11-18(25)22-14-6-4-13(21)5-7-14/h3-10,24H,2,11H2,1H3,(H,22,25)/b17-10-. The van der Waals surface area contributed by atoms with Gasteiger partial charge in [-0.1, -0.05) is 6.07 Å². The summed E-state index contributed by atoms with van der Waals surface area (Å²) in [5.74, 6) is -1.39. The molecule has 0 aromatic heterocycles. The molecule has 9 heteroatoms. The van der Waals surface area contributed by atoms with Gasteiger partial charge in [0.2, 0.25) is 5.91 Å². The van der Waals surface area contributed by atoms with Crippen molar-refractivity contribution in [1.29, 1.82) is 0 Å². The number of rotatable bonds is 6. The molecule has 2 N–H and O–H groups in total. The van der Waals surface area contributed by atoms with E-state index in [-0.39, 0.29) is 16.4 Å². The van der Waals surface area contributed by atoms with Crippen LogP contribution in [0, 0.1) is 5.82 Å². The van der Waals surface area contributed by atoms with E-state index < -0.39 is 29.4 Å². The minimum absolute atomic E-state index is 0.0328. The average molecular weight is 416 g/mol. The molecule has 7 nitrogen and oxygen atoms in total. The number of halogens is 1. The van der Waals surface area contributed by atoms with Gasteiger partial charge in [-0.2, -0.15) is 0 Å². The fraction of sp³-hybridized carbons (Fsp3) is 0.150. The van der Waals surface area contributed by atoms with E-state index in [0.717, 1.165) is 4.90 Å². The number of nitrogens with one attached hydrogen (secondary N) is 1. The van der Waals surface area contributed by atoms with Crippen molar-refractivity contribution in [3.63, 3.8) is 0 Å². The second-order valence-electron chi connectivity index (χ2n) is 5.98. The third-order valence-corrected chi connectivity index (χ3v) is 4.79. The summed E-state index contributed by atoms with van der Waals surface area (Å²) in [5, 5.41) is 11.7. The Bertz CT molecular complexity index is 991. The van der Waals surface area contributed by atoms with Crippen LogP contribution in [0.5, 0.6) is 11.5 Å². The molecule has 3 amide bonds. The molecule has 1 aliphatic heterocycles. The minimum atomic E-state index is -0.597. The van der Waals surface area contributed by atoms with Crippen molar-refractivity contribution in [2.45, 2.75) is 6.92 Å². The smallest absolute Gasteiger partial charge is 0.294 e. The third-order valence-electron chi connectivity index (χ3n) is 3.88. The van der Waals surface area contributed by atoms with Crippen molar-refractivity contribution in [3.05, 3.63) is 58.8 Å². The quantitative estimate of drug-likeness (QED) is 0.699. The van der Waals surface area contributed by atoms with Gasteiger partial charge in [0.15, 0.2) is 11.5 Å². The number of phenols is 1. The van der Waals surface area contributed by atoms with Gasteiger partial charge in [0.1, 0.15) is 12.4 Å². The lowest BCUT2D eigenvalue weighted by Gasteiger charge is -2.12.